The van der Waals surface area contributed by atoms with Gasteiger partial charge in [-0.3, -0.25) is 9.89 Å². The van der Waals surface area contributed by atoms with Crippen LogP contribution in [0.15, 0.2) is 48.8 Å². The molecule has 1 aliphatic rings. The number of aromatic nitrogens is 2. The summed E-state index contributed by atoms with van der Waals surface area (Å²) in [6.07, 6.45) is 4.80. The zero-order valence-corrected chi connectivity index (χ0v) is 20.4. The third kappa shape index (κ3) is 5.24. The van der Waals surface area contributed by atoms with Crippen LogP contribution in [-0.2, 0) is 4.74 Å². The van der Waals surface area contributed by atoms with Crippen LogP contribution in [-0.4, -0.2) is 33.3 Å². The van der Waals surface area contributed by atoms with Crippen molar-refractivity contribution in [3.05, 3.63) is 64.9 Å². The largest absolute Gasteiger partial charge is 0.454 e. The van der Waals surface area contributed by atoms with Gasteiger partial charge in [0.1, 0.15) is 23.1 Å². The van der Waals surface area contributed by atoms with E-state index in [-0.39, 0.29) is 28.2 Å². The van der Waals surface area contributed by atoms with Crippen LogP contribution in [0.3, 0.4) is 0 Å². The molecular formula is C26H27ClN4O3. The summed E-state index contributed by atoms with van der Waals surface area (Å²) < 4.78 is 12.1. The predicted octanol–water partition coefficient (Wildman–Crippen LogP) is 5.86. The molecule has 0 saturated carbocycles. The lowest BCUT2D eigenvalue weighted by Crippen LogP contribution is -2.52. The van der Waals surface area contributed by atoms with Crippen molar-refractivity contribution in [3.63, 3.8) is 0 Å². The first-order chi connectivity index (χ1) is 16.1. The molecular weight excluding hydrogens is 452 g/mol. The van der Waals surface area contributed by atoms with Gasteiger partial charge in [0.05, 0.1) is 22.4 Å². The number of aromatic amines is 1. The minimum atomic E-state index is -0.321. The number of amides is 1. The highest BCUT2D eigenvalue weighted by atomic mass is 35.5. The van der Waals surface area contributed by atoms with Crippen molar-refractivity contribution in [2.45, 2.75) is 57.8 Å². The Morgan fingerprint density at radius 2 is 1.94 bits per heavy atom. The molecule has 3 aromatic rings. The van der Waals surface area contributed by atoms with Crippen molar-refractivity contribution >= 4 is 17.5 Å². The third-order valence-electron chi connectivity index (χ3n) is 5.73. The second kappa shape index (κ2) is 9.13. The molecule has 0 radical (unpaired) electrons. The number of rotatable bonds is 5. The predicted molar refractivity (Wildman–Crippen MR) is 130 cm³/mol. The summed E-state index contributed by atoms with van der Waals surface area (Å²) in [5.74, 6) is 0.519. The maximum absolute atomic E-state index is 12.9. The molecule has 0 bridgehead atoms. The fraction of sp³-hybridized carbons (Fsp3) is 0.346. The smallest absolute Gasteiger partial charge is 0.251 e. The zero-order valence-electron chi connectivity index (χ0n) is 19.6. The van der Waals surface area contributed by atoms with E-state index in [1.54, 1.807) is 42.7 Å². The minimum Gasteiger partial charge on any atom is -0.454 e. The molecule has 176 valence electrons. The minimum absolute atomic E-state index is 0.00944. The zero-order chi connectivity index (χ0) is 24.5. The monoisotopic (exact) mass is 478 g/mol. The van der Waals surface area contributed by atoms with Crippen LogP contribution >= 0.6 is 11.6 Å². The van der Waals surface area contributed by atoms with Crippen molar-refractivity contribution in [2.75, 3.05) is 0 Å². The van der Waals surface area contributed by atoms with Crippen molar-refractivity contribution in [1.29, 1.82) is 5.26 Å². The van der Waals surface area contributed by atoms with Gasteiger partial charge in [0.25, 0.3) is 5.91 Å². The van der Waals surface area contributed by atoms with Gasteiger partial charge >= 0.3 is 0 Å². The fourth-order valence-electron chi connectivity index (χ4n) is 4.67. The molecule has 1 aromatic heterocycles. The number of hydrogen-bond acceptors (Lipinski definition) is 5. The Hall–Kier alpha value is -3.34. The molecule has 0 unspecified atom stereocenters. The number of ether oxygens (including phenoxy) is 2. The summed E-state index contributed by atoms with van der Waals surface area (Å²) in [7, 11) is 0. The number of halogens is 1. The highest BCUT2D eigenvalue weighted by molar-refractivity contribution is 6.32. The molecule has 2 aromatic carbocycles. The topological polar surface area (TPSA) is 100 Å². The molecule has 2 heterocycles. The van der Waals surface area contributed by atoms with E-state index in [1.165, 1.54) is 0 Å². The first kappa shape index (κ1) is 23.8. The van der Waals surface area contributed by atoms with Gasteiger partial charge in [-0.05, 0) is 64.8 Å². The number of nitrogens with one attached hydrogen (secondary N) is 2. The third-order valence-corrected chi connectivity index (χ3v) is 6.02. The summed E-state index contributed by atoms with van der Waals surface area (Å²) in [6.45, 7) is 8.14. The summed E-state index contributed by atoms with van der Waals surface area (Å²) >= 11 is 6.47. The van der Waals surface area contributed by atoms with Gasteiger partial charge in [0.15, 0.2) is 0 Å². The second-order valence-corrected chi connectivity index (χ2v) is 10.1. The number of nitriles is 1. The average Bonchev–Trinajstić information content (AvgIpc) is 3.27. The fourth-order valence-corrected chi connectivity index (χ4v) is 4.89. The first-order valence-corrected chi connectivity index (χ1v) is 11.5. The van der Waals surface area contributed by atoms with E-state index in [9.17, 15) is 10.1 Å². The SMILES string of the molecule is CC1(C)CC(NC(=O)c2ccc(Oc3cccc(-c4cn[nH]c4)c3C#N)c(Cl)c2)CC(C)(C)O1. The van der Waals surface area contributed by atoms with Crippen molar-refractivity contribution in [1.82, 2.24) is 15.5 Å². The van der Waals surface area contributed by atoms with E-state index in [2.05, 4.69) is 21.6 Å². The number of H-pyrrole nitrogens is 1. The molecule has 0 atom stereocenters. The van der Waals surface area contributed by atoms with Gasteiger partial charge in [-0.25, -0.2) is 0 Å². The van der Waals surface area contributed by atoms with Crippen LogP contribution < -0.4 is 10.1 Å². The average molecular weight is 479 g/mol. The summed E-state index contributed by atoms with van der Waals surface area (Å²) in [6, 6.07) is 12.4. The molecule has 1 saturated heterocycles. The van der Waals surface area contributed by atoms with Crippen LogP contribution in [0.4, 0.5) is 0 Å². The number of carbonyl (C=O) groups excluding carboxylic acids is 1. The molecule has 0 spiro atoms. The highest BCUT2D eigenvalue weighted by Gasteiger charge is 2.39. The lowest BCUT2D eigenvalue weighted by Gasteiger charge is -2.45. The lowest BCUT2D eigenvalue weighted by atomic mass is 9.85. The molecule has 0 aliphatic carbocycles. The van der Waals surface area contributed by atoms with E-state index in [0.29, 0.717) is 28.2 Å². The Labute approximate surface area is 204 Å². The number of hydrogen-bond donors (Lipinski definition) is 2. The van der Waals surface area contributed by atoms with E-state index >= 15 is 0 Å². The van der Waals surface area contributed by atoms with E-state index < -0.39 is 0 Å². The van der Waals surface area contributed by atoms with Gasteiger partial charge in [-0.1, -0.05) is 23.7 Å². The normalized spacial score (nSPS) is 17.1. The Balaban J connectivity index is 1.52. The lowest BCUT2D eigenvalue weighted by molar-refractivity contribution is -0.162. The Morgan fingerprint density at radius 1 is 1.21 bits per heavy atom. The highest BCUT2D eigenvalue weighted by Crippen LogP contribution is 2.37. The van der Waals surface area contributed by atoms with E-state index in [0.717, 1.165) is 18.4 Å². The molecule has 2 N–H and O–H groups in total. The standard InChI is InChI=1S/C26H27ClN4O3/c1-25(2)11-18(12-26(3,4)34-25)31-24(32)16-8-9-23(21(27)10-16)33-22-7-5-6-19(20(22)13-28)17-14-29-30-15-17/h5-10,14-15,18H,11-12H2,1-4H3,(H,29,30)(H,31,32). The molecule has 4 rings (SSSR count). The molecule has 1 aliphatic heterocycles. The van der Waals surface area contributed by atoms with Crippen LogP contribution in [0.2, 0.25) is 5.02 Å². The number of benzene rings is 2. The molecule has 1 fully saturated rings. The first-order valence-electron chi connectivity index (χ1n) is 11.1. The van der Waals surface area contributed by atoms with Crippen molar-refractivity contribution in [2.24, 2.45) is 0 Å². The maximum Gasteiger partial charge on any atom is 0.251 e. The van der Waals surface area contributed by atoms with Crippen molar-refractivity contribution < 1.29 is 14.3 Å². The van der Waals surface area contributed by atoms with E-state index in [1.807, 2.05) is 33.8 Å². The Kier molecular flexibility index (Phi) is 6.39. The summed E-state index contributed by atoms with van der Waals surface area (Å²) in [5, 5.41) is 19.8. The van der Waals surface area contributed by atoms with E-state index in [4.69, 9.17) is 21.1 Å². The Morgan fingerprint density at radius 3 is 2.56 bits per heavy atom. The molecule has 7 nitrogen and oxygen atoms in total. The van der Waals surface area contributed by atoms with Gasteiger partial charge < -0.3 is 14.8 Å². The summed E-state index contributed by atoms with van der Waals surface area (Å²) in [4.78, 5) is 12.9. The van der Waals surface area contributed by atoms with Crippen LogP contribution in [0.1, 0.15) is 56.5 Å². The Bertz CT molecular complexity index is 1230. The maximum atomic E-state index is 12.9. The van der Waals surface area contributed by atoms with Crippen molar-refractivity contribution in [3.8, 4) is 28.7 Å². The molecule has 34 heavy (non-hydrogen) atoms. The van der Waals surface area contributed by atoms with Gasteiger partial charge in [0.2, 0.25) is 0 Å². The molecule has 8 heteroatoms. The number of carbonyl (C=O) groups is 1. The van der Waals surface area contributed by atoms with Gasteiger partial charge in [-0.15, -0.1) is 0 Å². The number of nitrogens with zero attached hydrogens (tertiary/aromatic N) is 2. The second-order valence-electron chi connectivity index (χ2n) is 9.72. The van der Waals surface area contributed by atoms with Gasteiger partial charge in [-0.2, -0.15) is 10.4 Å². The summed E-state index contributed by atoms with van der Waals surface area (Å²) in [5.41, 5.74) is 1.64. The van der Waals surface area contributed by atoms with Crippen LogP contribution in [0, 0.1) is 11.3 Å². The van der Waals surface area contributed by atoms with Crippen LogP contribution in [0.5, 0.6) is 11.5 Å². The molecule has 1 amide bonds. The quantitative estimate of drug-likeness (QED) is 0.478. The van der Waals surface area contributed by atoms with Gasteiger partial charge in [0, 0.05) is 28.9 Å². The van der Waals surface area contributed by atoms with Crippen LogP contribution in [0.25, 0.3) is 11.1 Å².